The number of guanidine groups is 1. The molecule has 1 aliphatic heterocycles. The summed E-state index contributed by atoms with van der Waals surface area (Å²) in [6, 6.07) is 0. The van der Waals surface area contributed by atoms with E-state index >= 15 is 0 Å². The summed E-state index contributed by atoms with van der Waals surface area (Å²) in [6.45, 7) is 15.1. The lowest BCUT2D eigenvalue weighted by molar-refractivity contribution is 0.0258. The first kappa shape index (κ1) is 22.2. The molecule has 1 aliphatic rings. The summed E-state index contributed by atoms with van der Waals surface area (Å²) in [7, 11) is 0. The lowest BCUT2D eigenvalue weighted by atomic mass is 10.0. The van der Waals surface area contributed by atoms with Gasteiger partial charge < -0.3 is 24.8 Å². The zero-order chi connectivity index (χ0) is 18.3. The quantitative estimate of drug-likeness (QED) is 0.301. The Morgan fingerprint density at radius 1 is 1.28 bits per heavy atom. The van der Waals surface area contributed by atoms with Crippen LogP contribution in [-0.2, 0) is 14.2 Å². The van der Waals surface area contributed by atoms with E-state index in [1.807, 2.05) is 0 Å². The topological polar surface area (TPSA) is 64.1 Å². The number of hydrogen-bond donors (Lipinski definition) is 2. The highest BCUT2D eigenvalue weighted by Crippen LogP contribution is 2.12. The van der Waals surface area contributed by atoms with Gasteiger partial charge in [-0.05, 0) is 39.0 Å². The minimum atomic E-state index is 0.299. The number of hydrogen-bond acceptors (Lipinski definition) is 4. The summed E-state index contributed by atoms with van der Waals surface area (Å²) in [5, 5.41) is 6.70. The van der Waals surface area contributed by atoms with Crippen molar-refractivity contribution >= 4 is 5.96 Å². The van der Waals surface area contributed by atoms with E-state index in [9.17, 15) is 0 Å². The molecule has 2 N–H and O–H groups in total. The molecule has 1 rings (SSSR count). The van der Waals surface area contributed by atoms with Crippen LogP contribution in [0.1, 0.15) is 47.0 Å². The maximum absolute atomic E-state index is 5.79. The van der Waals surface area contributed by atoms with Crippen LogP contribution in [0.2, 0.25) is 0 Å². The molecule has 0 aliphatic carbocycles. The fraction of sp³-hybridized carbons (Fsp3) is 0.947. The van der Waals surface area contributed by atoms with Gasteiger partial charge in [0.15, 0.2) is 5.96 Å². The van der Waals surface area contributed by atoms with E-state index in [-0.39, 0.29) is 0 Å². The average molecular weight is 358 g/mol. The fourth-order valence-electron chi connectivity index (χ4n) is 2.82. The van der Waals surface area contributed by atoms with Crippen molar-refractivity contribution in [2.45, 2.75) is 53.1 Å². The number of aliphatic imine (C=N–C) groups is 1. The van der Waals surface area contributed by atoms with Gasteiger partial charge in [0.25, 0.3) is 0 Å². The van der Waals surface area contributed by atoms with E-state index in [1.54, 1.807) is 0 Å². The van der Waals surface area contributed by atoms with Crippen LogP contribution in [0.25, 0.3) is 0 Å². The Morgan fingerprint density at radius 3 is 2.76 bits per heavy atom. The minimum Gasteiger partial charge on any atom is -0.381 e. The summed E-state index contributed by atoms with van der Waals surface area (Å²) in [5.41, 5.74) is 0. The maximum atomic E-state index is 5.79. The van der Waals surface area contributed by atoms with Crippen LogP contribution >= 0.6 is 0 Å². The highest BCUT2D eigenvalue weighted by Gasteiger charge is 2.15. The lowest BCUT2D eigenvalue weighted by Crippen LogP contribution is -2.39. The van der Waals surface area contributed by atoms with E-state index in [0.717, 1.165) is 77.9 Å². The van der Waals surface area contributed by atoms with Gasteiger partial charge in [-0.15, -0.1) is 0 Å². The lowest BCUT2D eigenvalue weighted by Gasteiger charge is -2.21. The number of nitrogens with one attached hydrogen (secondary N) is 2. The predicted octanol–water partition coefficient (Wildman–Crippen LogP) is 2.44. The number of nitrogens with zero attached hydrogens (tertiary/aromatic N) is 1. The summed E-state index contributed by atoms with van der Waals surface area (Å²) >= 11 is 0. The normalized spacial score (nSPS) is 19.4. The molecular weight excluding hydrogens is 318 g/mol. The van der Waals surface area contributed by atoms with Crippen molar-refractivity contribution < 1.29 is 14.2 Å². The molecule has 0 radical (unpaired) electrons. The van der Waals surface area contributed by atoms with Crippen LogP contribution < -0.4 is 10.6 Å². The number of ether oxygens (including phenoxy) is 3. The van der Waals surface area contributed by atoms with Gasteiger partial charge in [0.05, 0.1) is 19.3 Å². The van der Waals surface area contributed by atoms with Gasteiger partial charge in [0.2, 0.25) is 0 Å². The smallest absolute Gasteiger partial charge is 0.191 e. The summed E-state index contributed by atoms with van der Waals surface area (Å²) in [6.07, 6.45) is 3.36. The minimum absolute atomic E-state index is 0.299. The summed E-state index contributed by atoms with van der Waals surface area (Å²) in [5.74, 6) is 2.00. The van der Waals surface area contributed by atoms with Crippen molar-refractivity contribution in [3.8, 4) is 0 Å². The maximum Gasteiger partial charge on any atom is 0.191 e. The monoisotopic (exact) mass is 357 g/mol. The standard InChI is InChI=1S/C19H39N3O3/c1-5-20-19(22-11-8-18(16(3)4)25-6-2)21-10-7-12-23-14-17-9-13-24-15-17/h16-18H,5-15H2,1-4H3,(H2,20,21,22). The van der Waals surface area contributed by atoms with Crippen LogP contribution in [-0.4, -0.2) is 64.7 Å². The summed E-state index contributed by atoms with van der Waals surface area (Å²) in [4.78, 5) is 4.62. The van der Waals surface area contributed by atoms with Crippen LogP contribution in [0.5, 0.6) is 0 Å². The van der Waals surface area contributed by atoms with E-state index in [1.165, 1.54) is 0 Å². The van der Waals surface area contributed by atoms with Crippen molar-refractivity contribution in [1.82, 2.24) is 10.6 Å². The molecule has 1 fully saturated rings. The third-order valence-electron chi connectivity index (χ3n) is 4.28. The molecule has 0 amide bonds. The second-order valence-electron chi connectivity index (χ2n) is 6.87. The van der Waals surface area contributed by atoms with Gasteiger partial charge in [0, 0.05) is 45.4 Å². The van der Waals surface area contributed by atoms with Crippen molar-refractivity contribution in [3.63, 3.8) is 0 Å². The van der Waals surface area contributed by atoms with Gasteiger partial charge in [-0.2, -0.15) is 0 Å². The molecule has 6 heteroatoms. The molecule has 2 unspecified atom stereocenters. The molecule has 0 aromatic heterocycles. The second-order valence-corrected chi connectivity index (χ2v) is 6.87. The highest BCUT2D eigenvalue weighted by molar-refractivity contribution is 5.79. The first-order chi connectivity index (χ1) is 12.2. The average Bonchev–Trinajstić information content (AvgIpc) is 3.10. The molecule has 25 heavy (non-hydrogen) atoms. The fourth-order valence-corrected chi connectivity index (χ4v) is 2.82. The Bertz CT molecular complexity index is 345. The van der Waals surface area contributed by atoms with E-state index in [0.29, 0.717) is 17.9 Å². The molecule has 0 bridgehead atoms. The summed E-state index contributed by atoms with van der Waals surface area (Å²) < 4.78 is 16.9. The second kappa shape index (κ2) is 14.3. The SMILES string of the molecule is CCNC(=NCCCOCC1CCOC1)NCCC(OCC)C(C)C. The van der Waals surface area contributed by atoms with Gasteiger partial charge >= 0.3 is 0 Å². The van der Waals surface area contributed by atoms with E-state index in [2.05, 4.69) is 43.3 Å². The Balaban J connectivity index is 2.16. The first-order valence-electron chi connectivity index (χ1n) is 9.96. The third kappa shape index (κ3) is 10.7. The molecule has 6 nitrogen and oxygen atoms in total. The van der Waals surface area contributed by atoms with Crippen LogP contribution in [0.15, 0.2) is 4.99 Å². The van der Waals surface area contributed by atoms with Crippen LogP contribution in [0.4, 0.5) is 0 Å². The van der Waals surface area contributed by atoms with Crippen molar-refractivity contribution in [1.29, 1.82) is 0 Å². The largest absolute Gasteiger partial charge is 0.381 e. The molecule has 0 aromatic rings. The van der Waals surface area contributed by atoms with Crippen LogP contribution in [0.3, 0.4) is 0 Å². The molecule has 148 valence electrons. The molecule has 0 spiro atoms. The first-order valence-corrected chi connectivity index (χ1v) is 9.96. The van der Waals surface area contributed by atoms with Gasteiger partial charge in [-0.1, -0.05) is 13.8 Å². The third-order valence-corrected chi connectivity index (χ3v) is 4.28. The predicted molar refractivity (Wildman–Crippen MR) is 103 cm³/mol. The Morgan fingerprint density at radius 2 is 2.12 bits per heavy atom. The van der Waals surface area contributed by atoms with Crippen molar-refractivity contribution in [2.75, 3.05) is 52.7 Å². The Kier molecular flexibility index (Phi) is 12.7. The van der Waals surface area contributed by atoms with E-state index < -0.39 is 0 Å². The Hall–Kier alpha value is -0.850. The molecule has 1 heterocycles. The molecule has 1 saturated heterocycles. The molecular formula is C19H39N3O3. The molecule has 0 aromatic carbocycles. The van der Waals surface area contributed by atoms with E-state index in [4.69, 9.17) is 14.2 Å². The van der Waals surface area contributed by atoms with Gasteiger partial charge in [0.1, 0.15) is 0 Å². The zero-order valence-electron chi connectivity index (χ0n) is 16.7. The van der Waals surface area contributed by atoms with Crippen molar-refractivity contribution in [3.05, 3.63) is 0 Å². The van der Waals surface area contributed by atoms with Gasteiger partial charge in [-0.25, -0.2) is 0 Å². The van der Waals surface area contributed by atoms with Crippen molar-refractivity contribution in [2.24, 2.45) is 16.8 Å². The highest BCUT2D eigenvalue weighted by atomic mass is 16.5. The number of rotatable bonds is 13. The molecule has 2 atom stereocenters. The zero-order valence-corrected chi connectivity index (χ0v) is 16.7. The van der Waals surface area contributed by atoms with Gasteiger partial charge in [-0.3, -0.25) is 4.99 Å². The Labute approximate surface area is 154 Å². The molecule has 0 saturated carbocycles. The van der Waals surface area contributed by atoms with Crippen LogP contribution in [0, 0.1) is 11.8 Å².